The Labute approximate surface area is 105 Å². The summed E-state index contributed by atoms with van der Waals surface area (Å²) in [5.41, 5.74) is -0.165. The quantitative estimate of drug-likeness (QED) is 0.696. The van der Waals surface area contributed by atoms with E-state index in [1.807, 2.05) is 0 Å². The molecule has 2 fully saturated rings. The second-order valence-electron chi connectivity index (χ2n) is 6.49. The van der Waals surface area contributed by atoms with Crippen molar-refractivity contribution in [3.05, 3.63) is 0 Å². The highest BCUT2D eigenvalue weighted by Crippen LogP contribution is 2.39. The van der Waals surface area contributed by atoms with E-state index >= 15 is 0 Å². The summed E-state index contributed by atoms with van der Waals surface area (Å²) in [4.78, 5) is 12.1. The van der Waals surface area contributed by atoms with Gasteiger partial charge in [-0.25, -0.2) is 0 Å². The van der Waals surface area contributed by atoms with Crippen LogP contribution in [-0.4, -0.2) is 12.6 Å². The van der Waals surface area contributed by atoms with Crippen LogP contribution in [0.1, 0.15) is 65.2 Å². The van der Waals surface area contributed by atoms with Crippen molar-refractivity contribution in [1.29, 1.82) is 0 Å². The van der Waals surface area contributed by atoms with E-state index in [2.05, 4.69) is 13.8 Å². The summed E-state index contributed by atoms with van der Waals surface area (Å²) in [6.45, 7) is 5.06. The average Bonchev–Trinajstić information content (AvgIpc) is 2.76. The summed E-state index contributed by atoms with van der Waals surface area (Å²) < 4.78 is 5.56. The molecule has 2 rings (SSSR count). The molecule has 2 saturated carbocycles. The van der Waals surface area contributed by atoms with E-state index in [9.17, 15) is 4.79 Å². The molecule has 98 valence electrons. The van der Waals surface area contributed by atoms with E-state index in [4.69, 9.17) is 4.74 Å². The van der Waals surface area contributed by atoms with E-state index < -0.39 is 0 Å². The van der Waals surface area contributed by atoms with Crippen molar-refractivity contribution in [2.24, 2.45) is 17.3 Å². The number of rotatable bonds is 3. The molecule has 2 aliphatic carbocycles. The zero-order valence-corrected chi connectivity index (χ0v) is 11.3. The van der Waals surface area contributed by atoms with Crippen molar-refractivity contribution in [3.63, 3.8) is 0 Å². The SMILES string of the molecule is CC1CCC(COC(=O)C2(C)CCCC2)CC1. The van der Waals surface area contributed by atoms with Crippen molar-refractivity contribution >= 4 is 5.97 Å². The molecule has 0 unspecified atom stereocenters. The molecule has 0 amide bonds. The lowest BCUT2D eigenvalue weighted by atomic mass is 9.83. The Morgan fingerprint density at radius 2 is 1.76 bits per heavy atom. The lowest BCUT2D eigenvalue weighted by molar-refractivity contribution is -0.156. The molecule has 0 aromatic heterocycles. The Kier molecular flexibility index (Phi) is 4.11. The van der Waals surface area contributed by atoms with Gasteiger partial charge in [-0.2, -0.15) is 0 Å². The van der Waals surface area contributed by atoms with Gasteiger partial charge in [-0.15, -0.1) is 0 Å². The zero-order chi connectivity index (χ0) is 12.3. The fourth-order valence-electron chi connectivity index (χ4n) is 3.22. The van der Waals surface area contributed by atoms with Gasteiger partial charge >= 0.3 is 5.97 Å². The topological polar surface area (TPSA) is 26.3 Å². The van der Waals surface area contributed by atoms with Crippen molar-refractivity contribution in [3.8, 4) is 0 Å². The highest BCUT2D eigenvalue weighted by atomic mass is 16.5. The van der Waals surface area contributed by atoms with Gasteiger partial charge in [0.15, 0.2) is 0 Å². The number of hydrogen-bond donors (Lipinski definition) is 0. The smallest absolute Gasteiger partial charge is 0.311 e. The zero-order valence-electron chi connectivity index (χ0n) is 11.3. The van der Waals surface area contributed by atoms with Gasteiger partial charge in [0.25, 0.3) is 0 Å². The maximum Gasteiger partial charge on any atom is 0.311 e. The van der Waals surface area contributed by atoms with E-state index in [-0.39, 0.29) is 11.4 Å². The largest absolute Gasteiger partial charge is 0.465 e. The minimum Gasteiger partial charge on any atom is -0.465 e. The summed E-state index contributed by atoms with van der Waals surface area (Å²) in [6.07, 6.45) is 9.51. The van der Waals surface area contributed by atoms with Gasteiger partial charge in [0.05, 0.1) is 12.0 Å². The number of carbonyl (C=O) groups excluding carboxylic acids is 1. The molecule has 2 aliphatic rings. The molecule has 0 aromatic rings. The van der Waals surface area contributed by atoms with Crippen LogP contribution in [0, 0.1) is 17.3 Å². The molecule has 0 spiro atoms. The lowest BCUT2D eigenvalue weighted by Gasteiger charge is -2.27. The third kappa shape index (κ3) is 3.23. The van der Waals surface area contributed by atoms with Crippen LogP contribution in [0.15, 0.2) is 0 Å². The molecule has 2 nitrogen and oxygen atoms in total. The monoisotopic (exact) mass is 238 g/mol. The summed E-state index contributed by atoms with van der Waals surface area (Å²) >= 11 is 0. The first-order chi connectivity index (χ1) is 8.10. The number of carbonyl (C=O) groups is 1. The van der Waals surface area contributed by atoms with Crippen molar-refractivity contribution in [1.82, 2.24) is 0 Å². The fourth-order valence-corrected chi connectivity index (χ4v) is 3.22. The Bertz CT molecular complexity index is 258. The maximum absolute atomic E-state index is 12.1. The van der Waals surface area contributed by atoms with Crippen LogP contribution < -0.4 is 0 Å². The molecule has 17 heavy (non-hydrogen) atoms. The summed E-state index contributed by atoms with van der Waals surface area (Å²) in [5, 5.41) is 0. The van der Waals surface area contributed by atoms with E-state index in [0.717, 1.165) is 18.8 Å². The van der Waals surface area contributed by atoms with E-state index in [1.165, 1.54) is 38.5 Å². The molecule has 0 radical (unpaired) electrons. The molecule has 0 N–H and O–H groups in total. The van der Waals surface area contributed by atoms with Gasteiger partial charge in [-0.1, -0.05) is 32.6 Å². The lowest BCUT2D eigenvalue weighted by Crippen LogP contribution is -2.29. The van der Waals surface area contributed by atoms with Crippen LogP contribution in [0.3, 0.4) is 0 Å². The van der Waals surface area contributed by atoms with Gasteiger partial charge < -0.3 is 4.74 Å². The molecule has 0 saturated heterocycles. The van der Waals surface area contributed by atoms with Crippen LogP contribution in [0.2, 0.25) is 0 Å². The minimum absolute atomic E-state index is 0.0635. The molecule has 2 heteroatoms. The van der Waals surface area contributed by atoms with Gasteiger partial charge in [0.2, 0.25) is 0 Å². The van der Waals surface area contributed by atoms with Gasteiger partial charge in [0.1, 0.15) is 0 Å². The fraction of sp³-hybridized carbons (Fsp3) is 0.933. The predicted octanol–water partition coefficient (Wildman–Crippen LogP) is 3.94. The van der Waals surface area contributed by atoms with Crippen LogP contribution in [0.5, 0.6) is 0 Å². The first kappa shape index (κ1) is 12.9. The Morgan fingerprint density at radius 1 is 1.18 bits per heavy atom. The van der Waals surface area contributed by atoms with Crippen LogP contribution in [0.25, 0.3) is 0 Å². The van der Waals surface area contributed by atoms with Gasteiger partial charge in [-0.05, 0) is 44.4 Å². The summed E-state index contributed by atoms with van der Waals surface area (Å²) in [5.74, 6) is 1.56. The minimum atomic E-state index is -0.165. The number of ether oxygens (including phenoxy) is 1. The second kappa shape index (κ2) is 5.41. The number of esters is 1. The van der Waals surface area contributed by atoms with Crippen molar-refractivity contribution in [2.45, 2.75) is 65.2 Å². The molecule has 0 bridgehead atoms. The second-order valence-corrected chi connectivity index (χ2v) is 6.49. The predicted molar refractivity (Wildman–Crippen MR) is 68.7 cm³/mol. The standard InChI is InChI=1S/C15H26O2/c1-12-5-7-13(8-6-12)11-17-14(16)15(2)9-3-4-10-15/h12-13H,3-11H2,1-2H3. The molecule has 0 aromatic carbocycles. The third-order valence-corrected chi connectivity index (χ3v) is 4.79. The van der Waals surface area contributed by atoms with Gasteiger partial charge in [0, 0.05) is 0 Å². The van der Waals surface area contributed by atoms with Crippen molar-refractivity contribution in [2.75, 3.05) is 6.61 Å². The highest BCUT2D eigenvalue weighted by molar-refractivity contribution is 5.76. The average molecular weight is 238 g/mol. The maximum atomic E-state index is 12.1. The van der Waals surface area contributed by atoms with E-state index in [0.29, 0.717) is 12.5 Å². The Balaban J connectivity index is 1.72. The molecule has 0 atom stereocenters. The summed E-state index contributed by atoms with van der Waals surface area (Å²) in [6, 6.07) is 0. The van der Waals surface area contributed by atoms with Crippen LogP contribution in [0.4, 0.5) is 0 Å². The normalized spacial score (nSPS) is 32.4. The van der Waals surface area contributed by atoms with Gasteiger partial charge in [-0.3, -0.25) is 4.79 Å². The van der Waals surface area contributed by atoms with Crippen molar-refractivity contribution < 1.29 is 9.53 Å². The summed E-state index contributed by atoms with van der Waals surface area (Å²) in [7, 11) is 0. The Hall–Kier alpha value is -0.530. The molecule has 0 heterocycles. The van der Waals surface area contributed by atoms with E-state index in [1.54, 1.807) is 0 Å². The number of hydrogen-bond acceptors (Lipinski definition) is 2. The first-order valence-corrected chi connectivity index (χ1v) is 7.27. The third-order valence-electron chi connectivity index (χ3n) is 4.79. The molecule has 0 aliphatic heterocycles. The first-order valence-electron chi connectivity index (χ1n) is 7.27. The molecular formula is C15H26O2. The Morgan fingerprint density at radius 3 is 2.35 bits per heavy atom. The van der Waals surface area contributed by atoms with Crippen LogP contribution >= 0.6 is 0 Å². The molecular weight excluding hydrogens is 212 g/mol. The highest BCUT2D eigenvalue weighted by Gasteiger charge is 2.38. The van der Waals surface area contributed by atoms with Crippen LogP contribution in [-0.2, 0) is 9.53 Å².